The molecule has 0 bridgehead atoms. The summed E-state index contributed by atoms with van der Waals surface area (Å²) in [6.45, 7) is 0. The van der Waals surface area contributed by atoms with Crippen molar-refractivity contribution >= 4 is 23.7 Å². The zero-order valence-electron chi connectivity index (χ0n) is 5.09. The van der Waals surface area contributed by atoms with Crippen LogP contribution in [0, 0.1) is 0 Å². The van der Waals surface area contributed by atoms with Gasteiger partial charge in [-0.3, -0.25) is 0 Å². The Labute approximate surface area is 61.4 Å². The molecule has 3 nitrogen and oxygen atoms in total. The largest absolute Gasteiger partial charge is 0.524 e. The minimum Gasteiger partial charge on any atom is -0.335 e. The molecule has 0 atom stereocenters. The summed E-state index contributed by atoms with van der Waals surface area (Å²) in [6.07, 6.45) is 0. The Hall–Kier alpha value is -0.770. The molecular formula is C6H5O3S+. The first kappa shape index (κ1) is 5.97. The molecule has 2 rings (SSSR count). The quantitative estimate of drug-likeness (QED) is 0.284. The average molecular weight is 157 g/mol. The van der Waals surface area contributed by atoms with Crippen LogP contribution in [0.1, 0.15) is 0 Å². The van der Waals surface area contributed by atoms with Crippen LogP contribution in [0.5, 0.6) is 0 Å². The molecule has 0 aromatic rings. The summed E-state index contributed by atoms with van der Waals surface area (Å²) in [7, 11) is 0. The predicted molar refractivity (Wildman–Crippen MR) is 37.4 cm³/mol. The molecule has 2 heterocycles. The molecule has 0 saturated carbocycles. The van der Waals surface area contributed by atoms with E-state index in [0.717, 1.165) is 0 Å². The van der Waals surface area contributed by atoms with Crippen LogP contribution in [0.15, 0.2) is 11.1 Å². The highest BCUT2D eigenvalue weighted by Gasteiger charge is 2.44. The van der Waals surface area contributed by atoms with E-state index in [1.807, 2.05) is 0 Å². The lowest BCUT2D eigenvalue weighted by Gasteiger charge is -1.85. The lowest BCUT2D eigenvalue weighted by atomic mass is 10.2. The van der Waals surface area contributed by atoms with Crippen LogP contribution in [0.2, 0.25) is 0 Å². The Morgan fingerprint density at radius 3 is 2.80 bits per heavy atom. The van der Waals surface area contributed by atoms with E-state index in [4.69, 9.17) is 4.79 Å². The Morgan fingerprint density at radius 2 is 2.10 bits per heavy atom. The van der Waals surface area contributed by atoms with Gasteiger partial charge in [0, 0.05) is 11.5 Å². The van der Waals surface area contributed by atoms with Gasteiger partial charge in [0.15, 0.2) is 0 Å². The predicted octanol–water partition coefficient (Wildman–Crippen LogP) is 0.0890. The molecule has 0 saturated heterocycles. The fourth-order valence-corrected chi connectivity index (χ4v) is 2.11. The van der Waals surface area contributed by atoms with Crippen LogP contribution in [0.4, 0.5) is 0 Å². The zero-order chi connectivity index (χ0) is 7.14. The van der Waals surface area contributed by atoms with Crippen molar-refractivity contribution < 1.29 is 14.3 Å². The van der Waals surface area contributed by atoms with E-state index in [2.05, 4.69) is 4.74 Å². The van der Waals surface area contributed by atoms with Crippen molar-refractivity contribution in [2.24, 2.45) is 0 Å². The number of cyclic esters (lactones) is 2. The highest BCUT2D eigenvalue weighted by molar-refractivity contribution is 8.00. The summed E-state index contributed by atoms with van der Waals surface area (Å²) in [5.41, 5.74) is 1.33. The third-order valence-corrected chi connectivity index (χ3v) is 2.54. The molecule has 2 aliphatic heterocycles. The van der Waals surface area contributed by atoms with E-state index in [-0.39, 0.29) is 11.9 Å². The topological polar surface area (TPSA) is 47.7 Å². The van der Waals surface area contributed by atoms with Crippen molar-refractivity contribution in [3.8, 4) is 0 Å². The highest BCUT2D eigenvalue weighted by Crippen LogP contribution is 2.30. The monoisotopic (exact) mass is 157 g/mol. The third kappa shape index (κ3) is 0.623. The maximum atomic E-state index is 10.8. The van der Waals surface area contributed by atoms with Crippen LogP contribution in [0.25, 0.3) is 0 Å². The SMILES string of the molecule is O=C1OC(=[OH+])C2=C1CSC2. The standard InChI is InChI=1S/C6H4O3S/c7-5-3-1-10-2-4(3)6(8)9-5/h1-2H2/p+1. The van der Waals surface area contributed by atoms with Crippen LogP contribution >= 0.6 is 11.8 Å². The Bertz CT molecular complexity index is 230. The van der Waals surface area contributed by atoms with Crippen LogP contribution in [-0.2, 0) is 9.53 Å². The van der Waals surface area contributed by atoms with Crippen molar-refractivity contribution in [3.05, 3.63) is 11.1 Å². The normalized spacial score (nSPS) is 23.6. The van der Waals surface area contributed by atoms with Gasteiger partial charge in [0.2, 0.25) is 0 Å². The van der Waals surface area contributed by atoms with Crippen LogP contribution in [-0.4, -0.2) is 28.2 Å². The molecule has 0 aromatic heterocycles. The number of carbonyl (C=O) groups excluding carboxylic acids is 2. The van der Waals surface area contributed by atoms with Crippen molar-refractivity contribution in [1.82, 2.24) is 0 Å². The number of hydrogen-bond acceptors (Lipinski definition) is 3. The van der Waals surface area contributed by atoms with Crippen LogP contribution < -0.4 is 0 Å². The van der Waals surface area contributed by atoms with Gasteiger partial charge in [-0.05, 0) is 0 Å². The fraction of sp³-hybridized carbons (Fsp3) is 0.333. The van der Waals surface area contributed by atoms with Crippen molar-refractivity contribution in [2.75, 3.05) is 11.5 Å². The van der Waals surface area contributed by atoms with E-state index in [0.29, 0.717) is 22.7 Å². The molecule has 2 aliphatic rings. The molecule has 1 N–H and O–H groups in total. The van der Waals surface area contributed by atoms with Gasteiger partial charge in [-0.25, -0.2) is 9.53 Å². The molecule has 4 heteroatoms. The lowest BCUT2D eigenvalue weighted by Crippen LogP contribution is -2.05. The number of carbonyl (C=O) groups is 1. The number of thioether (sulfide) groups is 1. The maximum Gasteiger partial charge on any atom is 0.524 e. The van der Waals surface area contributed by atoms with Gasteiger partial charge in [0.25, 0.3) is 0 Å². The first-order valence-corrected chi connectivity index (χ1v) is 4.03. The molecule has 0 aliphatic carbocycles. The first-order chi connectivity index (χ1) is 4.79. The van der Waals surface area contributed by atoms with E-state index < -0.39 is 0 Å². The summed E-state index contributed by atoms with van der Waals surface area (Å²) < 4.78 is 4.47. The summed E-state index contributed by atoms with van der Waals surface area (Å²) in [6, 6.07) is 0. The average Bonchev–Trinajstić information content (AvgIpc) is 2.39. The van der Waals surface area contributed by atoms with Crippen LogP contribution in [0.3, 0.4) is 0 Å². The van der Waals surface area contributed by atoms with Crippen molar-refractivity contribution in [3.63, 3.8) is 0 Å². The Balaban J connectivity index is 2.45. The fourth-order valence-electron chi connectivity index (χ4n) is 1.01. The maximum absolute atomic E-state index is 10.8. The molecule has 10 heavy (non-hydrogen) atoms. The molecule has 0 amide bonds. The third-order valence-electron chi connectivity index (χ3n) is 1.55. The van der Waals surface area contributed by atoms with E-state index in [9.17, 15) is 4.79 Å². The van der Waals surface area contributed by atoms with Gasteiger partial charge in [-0.15, -0.1) is 0 Å². The van der Waals surface area contributed by atoms with Gasteiger partial charge in [-0.2, -0.15) is 11.8 Å². The summed E-state index contributed by atoms with van der Waals surface area (Å²) in [5, 5.41) is 0. The highest BCUT2D eigenvalue weighted by atomic mass is 32.2. The van der Waals surface area contributed by atoms with Gasteiger partial charge >= 0.3 is 11.9 Å². The minimum absolute atomic E-state index is 0.190. The second kappa shape index (κ2) is 1.85. The van der Waals surface area contributed by atoms with E-state index in [1.54, 1.807) is 11.8 Å². The molecule has 0 spiro atoms. The van der Waals surface area contributed by atoms with Gasteiger partial charge in [-0.1, -0.05) is 0 Å². The van der Waals surface area contributed by atoms with Gasteiger partial charge in [0.1, 0.15) is 5.57 Å². The molecule has 0 unspecified atom stereocenters. The summed E-state index contributed by atoms with van der Waals surface area (Å²) in [4.78, 5) is 19.8. The molecular weight excluding hydrogens is 152 g/mol. The second-order valence-electron chi connectivity index (χ2n) is 2.14. The first-order valence-electron chi connectivity index (χ1n) is 2.87. The number of ether oxygens (including phenoxy) is 1. The molecule has 0 radical (unpaired) electrons. The Kier molecular flexibility index (Phi) is 1.11. The summed E-state index contributed by atoms with van der Waals surface area (Å²) in [5.74, 6) is 0.813. The molecule has 0 aromatic carbocycles. The number of esters is 2. The number of rotatable bonds is 0. The van der Waals surface area contributed by atoms with E-state index >= 15 is 0 Å². The van der Waals surface area contributed by atoms with Crippen molar-refractivity contribution in [2.45, 2.75) is 0 Å². The van der Waals surface area contributed by atoms with Crippen molar-refractivity contribution in [1.29, 1.82) is 0 Å². The zero-order valence-corrected chi connectivity index (χ0v) is 5.90. The molecule has 0 fully saturated rings. The van der Waals surface area contributed by atoms with Gasteiger partial charge in [0.05, 0.1) is 5.57 Å². The Morgan fingerprint density at radius 1 is 1.40 bits per heavy atom. The summed E-state index contributed by atoms with van der Waals surface area (Å²) >= 11 is 1.62. The van der Waals surface area contributed by atoms with E-state index in [1.165, 1.54) is 0 Å². The molecule has 52 valence electrons. The smallest absolute Gasteiger partial charge is 0.335 e. The minimum atomic E-state index is -0.377. The van der Waals surface area contributed by atoms with Gasteiger partial charge < -0.3 is 4.79 Å². The second-order valence-corrected chi connectivity index (χ2v) is 3.13. The number of hydrogen-bond donors (Lipinski definition) is 0. The lowest BCUT2D eigenvalue weighted by molar-refractivity contribution is -0.130.